The summed E-state index contributed by atoms with van der Waals surface area (Å²) in [6.07, 6.45) is 11.7. The van der Waals surface area contributed by atoms with E-state index < -0.39 is 0 Å². The molecule has 3 unspecified atom stereocenters. The van der Waals surface area contributed by atoms with Crippen LogP contribution in [-0.2, 0) is 4.74 Å². The zero-order valence-corrected chi connectivity index (χ0v) is 15.0. The summed E-state index contributed by atoms with van der Waals surface area (Å²) in [5.41, 5.74) is 0.118. The molecule has 0 radical (unpaired) electrons. The lowest BCUT2D eigenvalue weighted by Crippen LogP contribution is -2.47. The van der Waals surface area contributed by atoms with E-state index in [2.05, 4.69) is 33.0 Å². The van der Waals surface area contributed by atoms with E-state index in [1.807, 2.05) is 0 Å². The molecule has 0 heterocycles. The zero-order valence-electron chi connectivity index (χ0n) is 15.0. The normalized spacial score (nSPS) is 27.7. The van der Waals surface area contributed by atoms with Crippen molar-refractivity contribution in [2.45, 2.75) is 91.1 Å². The average molecular weight is 298 g/mol. The van der Waals surface area contributed by atoms with Crippen LogP contribution >= 0.6 is 0 Å². The Labute approximate surface area is 133 Å². The highest BCUT2D eigenvalue weighted by molar-refractivity contribution is 4.89. The Bertz CT molecular complexity index is 256. The minimum atomic E-state index is 0.118. The SMILES string of the molecule is CCCCC(CC)COC1(CNCCC)CCCC(C)C1. The molecule has 1 aliphatic rings. The maximum atomic E-state index is 6.58. The second kappa shape index (κ2) is 10.6. The first kappa shape index (κ1) is 19.0. The molecule has 1 N–H and O–H groups in total. The molecule has 1 aliphatic carbocycles. The Morgan fingerprint density at radius 1 is 1.24 bits per heavy atom. The fourth-order valence-corrected chi connectivity index (χ4v) is 3.64. The van der Waals surface area contributed by atoms with E-state index in [0.29, 0.717) is 0 Å². The van der Waals surface area contributed by atoms with Gasteiger partial charge in [0.15, 0.2) is 0 Å². The van der Waals surface area contributed by atoms with Crippen molar-refractivity contribution in [1.82, 2.24) is 5.32 Å². The van der Waals surface area contributed by atoms with Gasteiger partial charge in [0.1, 0.15) is 0 Å². The van der Waals surface area contributed by atoms with Crippen molar-refractivity contribution >= 4 is 0 Å². The van der Waals surface area contributed by atoms with E-state index in [0.717, 1.165) is 31.5 Å². The lowest BCUT2D eigenvalue weighted by molar-refractivity contribution is -0.0926. The summed E-state index contributed by atoms with van der Waals surface area (Å²) in [6, 6.07) is 0. The summed E-state index contributed by atoms with van der Waals surface area (Å²) in [6.45, 7) is 12.4. The van der Waals surface area contributed by atoms with Crippen LogP contribution in [0.2, 0.25) is 0 Å². The number of unbranched alkanes of at least 4 members (excludes halogenated alkanes) is 1. The molecule has 1 fully saturated rings. The second-order valence-electron chi connectivity index (χ2n) is 7.29. The summed E-state index contributed by atoms with van der Waals surface area (Å²) in [5, 5.41) is 3.63. The summed E-state index contributed by atoms with van der Waals surface area (Å²) in [7, 11) is 0. The Morgan fingerprint density at radius 3 is 2.67 bits per heavy atom. The third-order valence-electron chi connectivity index (χ3n) is 5.09. The van der Waals surface area contributed by atoms with E-state index >= 15 is 0 Å². The highest BCUT2D eigenvalue weighted by atomic mass is 16.5. The highest BCUT2D eigenvalue weighted by Crippen LogP contribution is 2.35. The van der Waals surface area contributed by atoms with Crippen LogP contribution in [-0.4, -0.2) is 25.3 Å². The monoisotopic (exact) mass is 297 g/mol. The van der Waals surface area contributed by atoms with Gasteiger partial charge in [0.05, 0.1) is 12.2 Å². The Balaban J connectivity index is 2.50. The zero-order chi connectivity index (χ0) is 15.6. The van der Waals surface area contributed by atoms with Crippen molar-refractivity contribution in [3.8, 4) is 0 Å². The molecule has 0 aromatic rings. The topological polar surface area (TPSA) is 21.3 Å². The molecule has 0 amide bonds. The van der Waals surface area contributed by atoms with Gasteiger partial charge in [-0.3, -0.25) is 0 Å². The number of hydrogen-bond donors (Lipinski definition) is 1. The standard InChI is InChI=1S/C19H39NO/c1-5-8-11-18(7-3)15-21-19(16-20-13-6-2)12-9-10-17(4)14-19/h17-18,20H,5-16H2,1-4H3. The van der Waals surface area contributed by atoms with Crippen LogP contribution < -0.4 is 5.32 Å². The van der Waals surface area contributed by atoms with E-state index in [4.69, 9.17) is 4.74 Å². The molecule has 21 heavy (non-hydrogen) atoms. The molecule has 126 valence electrons. The minimum Gasteiger partial charge on any atom is -0.373 e. The third kappa shape index (κ3) is 7.15. The molecule has 0 bridgehead atoms. The molecule has 2 heteroatoms. The van der Waals surface area contributed by atoms with Gasteiger partial charge >= 0.3 is 0 Å². The number of ether oxygens (including phenoxy) is 1. The van der Waals surface area contributed by atoms with Gasteiger partial charge in [-0.15, -0.1) is 0 Å². The average Bonchev–Trinajstić information content (AvgIpc) is 2.48. The van der Waals surface area contributed by atoms with Crippen molar-refractivity contribution < 1.29 is 4.74 Å². The Kier molecular flexibility index (Phi) is 9.59. The minimum absolute atomic E-state index is 0.118. The first-order valence-electron chi connectivity index (χ1n) is 9.50. The molecule has 3 atom stereocenters. The first-order valence-corrected chi connectivity index (χ1v) is 9.50. The maximum Gasteiger partial charge on any atom is 0.0808 e. The first-order chi connectivity index (χ1) is 10.2. The van der Waals surface area contributed by atoms with Crippen LogP contribution in [0.3, 0.4) is 0 Å². The fraction of sp³-hybridized carbons (Fsp3) is 1.00. The Morgan fingerprint density at radius 2 is 2.05 bits per heavy atom. The molecule has 0 aliphatic heterocycles. The Hall–Kier alpha value is -0.0800. The number of rotatable bonds is 11. The van der Waals surface area contributed by atoms with Gasteiger partial charge in [-0.1, -0.05) is 59.8 Å². The van der Waals surface area contributed by atoms with Crippen LogP contribution in [0.4, 0.5) is 0 Å². The van der Waals surface area contributed by atoms with Crippen molar-refractivity contribution in [3.63, 3.8) is 0 Å². The fourth-order valence-electron chi connectivity index (χ4n) is 3.64. The third-order valence-corrected chi connectivity index (χ3v) is 5.09. The van der Waals surface area contributed by atoms with Crippen molar-refractivity contribution in [1.29, 1.82) is 0 Å². The molecule has 0 aromatic heterocycles. The molecule has 0 saturated heterocycles. The van der Waals surface area contributed by atoms with Gasteiger partial charge in [-0.05, 0) is 44.1 Å². The summed E-state index contributed by atoms with van der Waals surface area (Å²) in [4.78, 5) is 0. The lowest BCUT2D eigenvalue weighted by atomic mass is 9.78. The molecule has 1 saturated carbocycles. The van der Waals surface area contributed by atoms with E-state index in [1.165, 1.54) is 57.8 Å². The van der Waals surface area contributed by atoms with E-state index in [9.17, 15) is 0 Å². The highest BCUT2D eigenvalue weighted by Gasteiger charge is 2.35. The number of hydrogen-bond acceptors (Lipinski definition) is 2. The van der Waals surface area contributed by atoms with Crippen molar-refractivity contribution in [3.05, 3.63) is 0 Å². The van der Waals surface area contributed by atoms with Crippen LogP contribution in [0.1, 0.15) is 85.5 Å². The predicted octanol–water partition coefficient (Wildman–Crippen LogP) is 5.17. The maximum absolute atomic E-state index is 6.58. The van der Waals surface area contributed by atoms with Crippen LogP contribution in [0, 0.1) is 11.8 Å². The van der Waals surface area contributed by atoms with Gasteiger partial charge < -0.3 is 10.1 Å². The van der Waals surface area contributed by atoms with Gasteiger partial charge in [-0.25, -0.2) is 0 Å². The molecular weight excluding hydrogens is 258 g/mol. The largest absolute Gasteiger partial charge is 0.373 e. The van der Waals surface area contributed by atoms with E-state index in [-0.39, 0.29) is 5.60 Å². The van der Waals surface area contributed by atoms with Gasteiger partial charge in [-0.2, -0.15) is 0 Å². The van der Waals surface area contributed by atoms with Gasteiger partial charge in [0.25, 0.3) is 0 Å². The molecule has 2 nitrogen and oxygen atoms in total. The van der Waals surface area contributed by atoms with Crippen molar-refractivity contribution in [2.24, 2.45) is 11.8 Å². The van der Waals surface area contributed by atoms with E-state index in [1.54, 1.807) is 0 Å². The van der Waals surface area contributed by atoms with Crippen molar-refractivity contribution in [2.75, 3.05) is 19.7 Å². The second-order valence-corrected chi connectivity index (χ2v) is 7.29. The summed E-state index contributed by atoms with van der Waals surface area (Å²) < 4.78 is 6.58. The van der Waals surface area contributed by atoms with Crippen LogP contribution in [0.15, 0.2) is 0 Å². The van der Waals surface area contributed by atoms with Crippen LogP contribution in [0.25, 0.3) is 0 Å². The van der Waals surface area contributed by atoms with Crippen LogP contribution in [0.5, 0.6) is 0 Å². The lowest BCUT2D eigenvalue weighted by Gasteiger charge is -2.41. The molecule has 0 spiro atoms. The smallest absolute Gasteiger partial charge is 0.0808 e. The molecule has 0 aromatic carbocycles. The summed E-state index contributed by atoms with van der Waals surface area (Å²) in [5.74, 6) is 1.57. The number of nitrogens with one attached hydrogen (secondary N) is 1. The molecular formula is C19H39NO. The van der Waals surface area contributed by atoms with Gasteiger partial charge in [0.2, 0.25) is 0 Å². The predicted molar refractivity (Wildman–Crippen MR) is 92.8 cm³/mol. The van der Waals surface area contributed by atoms with Gasteiger partial charge in [0, 0.05) is 6.54 Å². The summed E-state index contributed by atoms with van der Waals surface area (Å²) >= 11 is 0. The quantitative estimate of drug-likeness (QED) is 0.531. The molecule has 1 rings (SSSR count).